The second-order valence-electron chi connectivity index (χ2n) is 3.01. The van der Waals surface area contributed by atoms with Crippen molar-refractivity contribution in [2.45, 2.75) is 13.8 Å². The first-order valence-corrected chi connectivity index (χ1v) is 3.95. The van der Waals surface area contributed by atoms with Gasteiger partial charge >= 0.3 is 0 Å². The number of hydrogen-bond donors (Lipinski definition) is 0. The lowest BCUT2D eigenvalue weighted by Crippen LogP contribution is -1.86. The molecule has 2 heteroatoms. The minimum Gasteiger partial charge on any atom is -0.237 e. The highest BCUT2D eigenvalue weighted by molar-refractivity contribution is 5.78. The van der Waals surface area contributed by atoms with Crippen molar-refractivity contribution < 1.29 is 0 Å². The Kier molecular flexibility index (Phi) is 1.54. The first-order valence-electron chi connectivity index (χ1n) is 3.95. The number of hydrogen-bond acceptors (Lipinski definition) is 2. The average Bonchev–Trinajstić information content (AvgIpc) is 2.07. The Hall–Kier alpha value is -1.44. The maximum Gasteiger partial charge on any atom is 0.159 e. The van der Waals surface area contributed by atoms with Crippen LogP contribution in [0.25, 0.3) is 11.0 Å². The van der Waals surface area contributed by atoms with Crippen LogP contribution in [0.1, 0.15) is 11.1 Å². The Bertz CT molecular complexity index is 421. The van der Waals surface area contributed by atoms with E-state index in [1.54, 1.807) is 6.20 Å². The maximum absolute atomic E-state index is 4.23. The predicted octanol–water partition coefficient (Wildman–Crippen LogP) is 2.25. The molecule has 0 saturated carbocycles. The van der Waals surface area contributed by atoms with Crippen molar-refractivity contribution in [3.05, 3.63) is 35.7 Å². The van der Waals surface area contributed by atoms with Gasteiger partial charge in [0.1, 0.15) is 0 Å². The smallest absolute Gasteiger partial charge is 0.159 e. The van der Waals surface area contributed by atoms with Crippen LogP contribution < -0.4 is 0 Å². The number of fused-ring (bicyclic) bond motifs is 1. The number of rotatable bonds is 0. The molecule has 0 atom stereocenters. The van der Waals surface area contributed by atoms with Crippen LogP contribution in [0.4, 0.5) is 0 Å². The molecule has 0 amide bonds. The fourth-order valence-electron chi connectivity index (χ4n) is 1.26. The number of aromatic nitrogens is 2. The first-order chi connectivity index (χ1) is 5.77. The molecule has 60 valence electrons. The van der Waals surface area contributed by atoms with E-state index in [0.717, 1.165) is 11.0 Å². The molecule has 12 heavy (non-hydrogen) atoms. The van der Waals surface area contributed by atoms with Gasteiger partial charge in [0.05, 0.1) is 0 Å². The summed E-state index contributed by atoms with van der Waals surface area (Å²) in [7, 11) is 0. The van der Waals surface area contributed by atoms with E-state index in [1.807, 2.05) is 19.2 Å². The predicted molar refractivity (Wildman–Crippen MR) is 49.0 cm³/mol. The van der Waals surface area contributed by atoms with E-state index in [4.69, 9.17) is 0 Å². The van der Waals surface area contributed by atoms with Gasteiger partial charge in [-0.25, -0.2) is 9.97 Å². The fourth-order valence-corrected chi connectivity index (χ4v) is 1.26. The maximum atomic E-state index is 4.23. The summed E-state index contributed by atoms with van der Waals surface area (Å²) in [6.07, 6.45) is 3.63. The van der Waals surface area contributed by atoms with E-state index in [9.17, 15) is 0 Å². The Morgan fingerprint density at radius 3 is 2.83 bits per heavy atom. The lowest BCUT2D eigenvalue weighted by molar-refractivity contribution is 1.24. The highest BCUT2D eigenvalue weighted by Gasteiger charge is 1.97. The summed E-state index contributed by atoms with van der Waals surface area (Å²) in [5, 5.41) is 1.15. The third kappa shape index (κ3) is 1.05. The lowest BCUT2D eigenvalue weighted by Gasteiger charge is -1.99. The van der Waals surface area contributed by atoms with Gasteiger partial charge < -0.3 is 0 Å². The van der Waals surface area contributed by atoms with Crippen molar-refractivity contribution in [3.8, 4) is 0 Å². The van der Waals surface area contributed by atoms with Crippen LogP contribution in [0.15, 0.2) is 24.5 Å². The van der Waals surface area contributed by atoms with Gasteiger partial charge in [0.25, 0.3) is 0 Å². The molecule has 2 aromatic heterocycles. The molecular weight excluding hydrogens is 148 g/mol. The molecule has 0 fully saturated rings. The number of nitrogens with zero attached hydrogens (tertiary/aromatic N) is 2. The van der Waals surface area contributed by atoms with Crippen LogP contribution in [-0.4, -0.2) is 9.97 Å². The molecule has 0 aliphatic rings. The molecular formula is C10H10N2. The van der Waals surface area contributed by atoms with Crippen LogP contribution in [-0.2, 0) is 0 Å². The fraction of sp³-hybridized carbons (Fsp3) is 0.200. The summed E-state index contributed by atoms with van der Waals surface area (Å²) in [5.41, 5.74) is 3.25. The first kappa shape index (κ1) is 7.22. The monoisotopic (exact) mass is 158 g/mol. The quantitative estimate of drug-likeness (QED) is 0.587. The Morgan fingerprint density at radius 1 is 1.17 bits per heavy atom. The molecule has 0 unspecified atom stereocenters. The van der Waals surface area contributed by atoms with Gasteiger partial charge in [-0.15, -0.1) is 0 Å². The molecule has 0 radical (unpaired) electrons. The minimum atomic E-state index is 0.834. The van der Waals surface area contributed by atoms with E-state index in [0.29, 0.717) is 0 Å². The molecule has 2 nitrogen and oxygen atoms in total. The van der Waals surface area contributed by atoms with Crippen LogP contribution in [0.5, 0.6) is 0 Å². The third-order valence-electron chi connectivity index (χ3n) is 1.95. The molecule has 2 heterocycles. The van der Waals surface area contributed by atoms with Gasteiger partial charge in [-0.1, -0.05) is 0 Å². The average molecular weight is 158 g/mol. The Balaban J connectivity index is 2.88. The van der Waals surface area contributed by atoms with Gasteiger partial charge in [0, 0.05) is 17.8 Å². The summed E-state index contributed by atoms with van der Waals surface area (Å²) in [6, 6.07) is 4.12. The summed E-state index contributed by atoms with van der Waals surface area (Å²) >= 11 is 0. The van der Waals surface area contributed by atoms with E-state index in [2.05, 4.69) is 23.0 Å². The van der Waals surface area contributed by atoms with Gasteiger partial charge in [-0.05, 0) is 37.1 Å². The van der Waals surface area contributed by atoms with Crippen molar-refractivity contribution in [2.75, 3.05) is 0 Å². The van der Waals surface area contributed by atoms with Crippen LogP contribution in [0, 0.1) is 13.8 Å². The van der Waals surface area contributed by atoms with E-state index >= 15 is 0 Å². The summed E-state index contributed by atoms with van der Waals surface area (Å²) < 4.78 is 0. The second kappa shape index (κ2) is 2.55. The normalized spacial score (nSPS) is 10.5. The topological polar surface area (TPSA) is 25.8 Å². The van der Waals surface area contributed by atoms with Crippen molar-refractivity contribution in [1.29, 1.82) is 0 Å². The van der Waals surface area contributed by atoms with Crippen molar-refractivity contribution in [2.24, 2.45) is 0 Å². The zero-order chi connectivity index (χ0) is 8.55. The zero-order valence-electron chi connectivity index (χ0n) is 7.20. The number of aryl methyl sites for hydroxylation is 2. The van der Waals surface area contributed by atoms with Gasteiger partial charge in [-0.2, -0.15) is 0 Å². The van der Waals surface area contributed by atoms with Crippen molar-refractivity contribution in [1.82, 2.24) is 9.97 Å². The molecule has 0 bridgehead atoms. The number of pyridine rings is 2. The summed E-state index contributed by atoms with van der Waals surface area (Å²) in [4.78, 5) is 8.40. The highest BCUT2D eigenvalue weighted by atomic mass is 14.8. The van der Waals surface area contributed by atoms with E-state index in [1.165, 1.54) is 11.1 Å². The molecule has 0 aliphatic heterocycles. The minimum absolute atomic E-state index is 0.834. The van der Waals surface area contributed by atoms with Crippen LogP contribution >= 0.6 is 0 Å². The van der Waals surface area contributed by atoms with Crippen molar-refractivity contribution >= 4 is 11.0 Å². The molecule has 2 rings (SSSR count). The SMILES string of the molecule is Cc1cnc2nccc(C)c2c1. The van der Waals surface area contributed by atoms with Crippen molar-refractivity contribution in [3.63, 3.8) is 0 Å². The standard InChI is InChI=1S/C10H10N2/c1-7-5-9-8(2)3-4-11-10(9)12-6-7/h3-6H,1-2H3. The highest BCUT2D eigenvalue weighted by Crippen LogP contribution is 2.14. The Labute approximate surface area is 71.3 Å². The van der Waals surface area contributed by atoms with E-state index < -0.39 is 0 Å². The third-order valence-corrected chi connectivity index (χ3v) is 1.95. The van der Waals surface area contributed by atoms with E-state index in [-0.39, 0.29) is 0 Å². The van der Waals surface area contributed by atoms with Crippen LogP contribution in [0.2, 0.25) is 0 Å². The molecule has 2 aromatic rings. The molecule has 0 aromatic carbocycles. The molecule has 0 saturated heterocycles. The van der Waals surface area contributed by atoms with Gasteiger partial charge in [0.15, 0.2) is 5.65 Å². The summed E-state index contributed by atoms with van der Waals surface area (Å²) in [6.45, 7) is 4.12. The van der Waals surface area contributed by atoms with Gasteiger partial charge in [-0.3, -0.25) is 0 Å². The van der Waals surface area contributed by atoms with Gasteiger partial charge in [0.2, 0.25) is 0 Å². The summed E-state index contributed by atoms with van der Waals surface area (Å²) in [5.74, 6) is 0. The zero-order valence-corrected chi connectivity index (χ0v) is 7.20. The lowest BCUT2D eigenvalue weighted by atomic mass is 10.1. The largest absolute Gasteiger partial charge is 0.237 e. The molecule has 0 aliphatic carbocycles. The van der Waals surface area contributed by atoms with Crippen LogP contribution in [0.3, 0.4) is 0 Å². The second-order valence-corrected chi connectivity index (χ2v) is 3.01. The molecule has 0 N–H and O–H groups in total. The Morgan fingerprint density at radius 2 is 2.00 bits per heavy atom. The molecule has 0 spiro atoms.